The fourth-order valence-electron chi connectivity index (χ4n) is 3.42. The highest BCUT2D eigenvalue weighted by molar-refractivity contribution is 5.98. The number of carboxylic acid groups (broad SMARTS) is 1. The molecule has 0 unspecified atom stereocenters. The second-order valence-corrected chi connectivity index (χ2v) is 7.81. The number of likely N-dealkylation sites (tertiary alicyclic amines) is 1. The fraction of sp³-hybridized carbons (Fsp3) is 0.476. The predicted molar refractivity (Wildman–Crippen MR) is 130 cm³/mol. The van der Waals surface area contributed by atoms with Gasteiger partial charge in [-0.2, -0.15) is 0 Å². The van der Waals surface area contributed by atoms with E-state index in [-0.39, 0.29) is 30.5 Å². The van der Waals surface area contributed by atoms with Crippen LogP contribution in [0.1, 0.15) is 32.6 Å². The topological polar surface area (TPSA) is 247 Å². The SMILES string of the molecule is CC(=O)O.N=C(N)NCCC[C@H](NC(=O)[C@@H]1CCCN1C(=O)CN)C(=O)Nc1ccc([N+](=O)[O-])cc1. The lowest BCUT2D eigenvalue weighted by atomic mass is 10.1. The molecule has 0 spiro atoms. The minimum absolute atomic E-state index is 0.117. The Morgan fingerprint density at radius 1 is 1.28 bits per heavy atom. The smallest absolute Gasteiger partial charge is 0.300 e. The van der Waals surface area contributed by atoms with Gasteiger partial charge >= 0.3 is 0 Å². The summed E-state index contributed by atoms with van der Waals surface area (Å²) < 4.78 is 0. The van der Waals surface area contributed by atoms with Crippen LogP contribution in [-0.2, 0) is 19.2 Å². The van der Waals surface area contributed by atoms with Crippen molar-refractivity contribution in [1.82, 2.24) is 15.5 Å². The summed E-state index contributed by atoms with van der Waals surface area (Å²) in [6, 6.07) is 3.68. The van der Waals surface area contributed by atoms with E-state index >= 15 is 0 Å². The molecule has 1 aliphatic rings. The van der Waals surface area contributed by atoms with Crippen LogP contribution in [-0.4, -0.2) is 76.3 Å². The highest BCUT2D eigenvalue weighted by Crippen LogP contribution is 2.19. The van der Waals surface area contributed by atoms with Crippen LogP contribution >= 0.6 is 0 Å². The number of rotatable bonds is 10. The summed E-state index contributed by atoms with van der Waals surface area (Å²) in [5, 5.41) is 33.4. The fourth-order valence-corrected chi connectivity index (χ4v) is 3.42. The Labute approximate surface area is 207 Å². The molecule has 0 bridgehead atoms. The van der Waals surface area contributed by atoms with E-state index in [2.05, 4.69) is 16.0 Å². The van der Waals surface area contributed by atoms with Crippen LogP contribution in [0.4, 0.5) is 11.4 Å². The minimum atomic E-state index is -0.929. The van der Waals surface area contributed by atoms with E-state index in [4.69, 9.17) is 26.8 Å². The molecule has 1 saturated heterocycles. The van der Waals surface area contributed by atoms with E-state index in [1.54, 1.807) is 0 Å². The molecular weight excluding hydrogens is 476 g/mol. The molecular formula is C21H32N8O7. The first-order valence-corrected chi connectivity index (χ1v) is 11.1. The number of hydrogen-bond donors (Lipinski definition) is 7. The van der Waals surface area contributed by atoms with Crippen LogP contribution in [0.3, 0.4) is 0 Å². The number of anilines is 1. The molecule has 15 nitrogen and oxygen atoms in total. The molecule has 1 aliphatic heterocycles. The van der Waals surface area contributed by atoms with Gasteiger partial charge in [-0.05, 0) is 37.8 Å². The number of nitrogens with one attached hydrogen (secondary N) is 4. The van der Waals surface area contributed by atoms with E-state index in [9.17, 15) is 24.5 Å². The van der Waals surface area contributed by atoms with Crippen molar-refractivity contribution in [2.24, 2.45) is 11.5 Å². The van der Waals surface area contributed by atoms with Crippen LogP contribution in [0.15, 0.2) is 24.3 Å². The molecule has 0 aliphatic carbocycles. The summed E-state index contributed by atoms with van der Waals surface area (Å²) in [6.45, 7) is 1.63. The number of nitrogens with zero attached hydrogens (tertiary/aromatic N) is 2. The van der Waals surface area contributed by atoms with Gasteiger partial charge in [0.15, 0.2) is 5.96 Å². The Kier molecular flexibility index (Phi) is 12.3. The molecule has 0 radical (unpaired) electrons. The number of nitro groups is 1. The molecule has 2 rings (SSSR count). The van der Waals surface area contributed by atoms with Crippen LogP contribution in [0.25, 0.3) is 0 Å². The number of nitrogens with two attached hydrogens (primary N) is 2. The Bertz CT molecular complexity index is 950. The largest absolute Gasteiger partial charge is 0.481 e. The summed E-state index contributed by atoms with van der Waals surface area (Å²) in [5.74, 6) is -2.33. The molecule has 0 aromatic heterocycles. The van der Waals surface area contributed by atoms with Gasteiger partial charge < -0.3 is 37.4 Å². The van der Waals surface area contributed by atoms with Crippen molar-refractivity contribution >= 4 is 41.0 Å². The first-order chi connectivity index (χ1) is 17.0. The van der Waals surface area contributed by atoms with E-state index < -0.39 is 34.8 Å². The molecule has 15 heteroatoms. The number of aliphatic carboxylic acids is 1. The monoisotopic (exact) mass is 508 g/mol. The van der Waals surface area contributed by atoms with Crippen LogP contribution in [0, 0.1) is 15.5 Å². The standard InChI is InChI=1S/C19H28N8O5.C2H4O2/c20-11-16(28)26-10-2-4-15(26)18(30)25-14(3-1-9-23-19(21)22)17(29)24-12-5-7-13(8-6-12)27(31)32;1-2(3)4/h5-8,14-15H,1-4,9-11,20H2,(H,24,29)(H,25,30)(H4,21,22,23);1H3,(H,3,4)/t14-,15-;/m0./s1. The number of carboxylic acids is 1. The number of carbonyl (C=O) groups is 4. The molecule has 2 atom stereocenters. The highest BCUT2D eigenvalue weighted by atomic mass is 16.6. The quantitative estimate of drug-likeness (QED) is 0.0689. The van der Waals surface area contributed by atoms with Crippen molar-refractivity contribution in [1.29, 1.82) is 5.41 Å². The summed E-state index contributed by atoms with van der Waals surface area (Å²) in [4.78, 5) is 58.3. The molecule has 9 N–H and O–H groups in total. The summed E-state index contributed by atoms with van der Waals surface area (Å²) >= 11 is 0. The van der Waals surface area contributed by atoms with Gasteiger partial charge in [-0.25, -0.2) is 0 Å². The number of hydrogen-bond acceptors (Lipinski definition) is 8. The summed E-state index contributed by atoms with van der Waals surface area (Å²) in [7, 11) is 0. The van der Waals surface area contributed by atoms with Crippen molar-refractivity contribution in [2.45, 2.75) is 44.7 Å². The molecule has 1 fully saturated rings. The van der Waals surface area contributed by atoms with Gasteiger partial charge in [0.2, 0.25) is 17.7 Å². The average molecular weight is 509 g/mol. The molecule has 3 amide bonds. The van der Waals surface area contributed by atoms with Gasteiger partial charge in [0.25, 0.3) is 11.7 Å². The maximum absolute atomic E-state index is 12.8. The number of guanidine groups is 1. The van der Waals surface area contributed by atoms with Crippen LogP contribution < -0.4 is 27.4 Å². The second-order valence-electron chi connectivity index (χ2n) is 7.81. The summed E-state index contributed by atoms with van der Waals surface area (Å²) in [5.41, 5.74) is 10.9. The van der Waals surface area contributed by atoms with Crippen LogP contribution in [0.2, 0.25) is 0 Å². The zero-order valence-corrected chi connectivity index (χ0v) is 19.9. The van der Waals surface area contributed by atoms with Gasteiger partial charge in [-0.15, -0.1) is 0 Å². The average Bonchev–Trinajstić information content (AvgIpc) is 3.30. The van der Waals surface area contributed by atoms with Crippen molar-refractivity contribution < 1.29 is 29.2 Å². The van der Waals surface area contributed by atoms with E-state index in [1.165, 1.54) is 29.2 Å². The van der Waals surface area contributed by atoms with E-state index in [0.29, 0.717) is 38.0 Å². The highest BCUT2D eigenvalue weighted by Gasteiger charge is 2.35. The Morgan fingerprint density at radius 2 is 1.89 bits per heavy atom. The number of nitro benzene ring substituents is 1. The minimum Gasteiger partial charge on any atom is -0.481 e. The molecule has 1 aromatic carbocycles. The number of amides is 3. The van der Waals surface area contributed by atoms with E-state index in [1.807, 2.05) is 0 Å². The Morgan fingerprint density at radius 3 is 2.42 bits per heavy atom. The lowest BCUT2D eigenvalue weighted by molar-refractivity contribution is -0.384. The molecule has 36 heavy (non-hydrogen) atoms. The van der Waals surface area contributed by atoms with Gasteiger partial charge in [0.05, 0.1) is 11.5 Å². The normalized spacial score (nSPS) is 15.1. The van der Waals surface area contributed by atoms with Gasteiger partial charge in [0, 0.05) is 37.8 Å². The molecule has 1 aromatic rings. The van der Waals surface area contributed by atoms with Crippen molar-refractivity contribution in [2.75, 3.05) is 25.0 Å². The van der Waals surface area contributed by atoms with Crippen molar-refractivity contribution in [3.63, 3.8) is 0 Å². The van der Waals surface area contributed by atoms with Crippen molar-refractivity contribution in [3.05, 3.63) is 34.4 Å². The first kappa shape index (κ1) is 29.8. The zero-order valence-electron chi connectivity index (χ0n) is 19.9. The molecule has 198 valence electrons. The summed E-state index contributed by atoms with van der Waals surface area (Å²) in [6.07, 6.45) is 1.79. The maximum Gasteiger partial charge on any atom is 0.300 e. The van der Waals surface area contributed by atoms with Gasteiger partial charge in [-0.1, -0.05) is 0 Å². The number of benzene rings is 1. The second kappa shape index (κ2) is 14.9. The lowest BCUT2D eigenvalue weighted by Gasteiger charge is -2.26. The zero-order chi connectivity index (χ0) is 27.3. The predicted octanol–water partition coefficient (Wildman–Crippen LogP) is -0.678. The Balaban J connectivity index is 0.00000150. The van der Waals surface area contributed by atoms with E-state index in [0.717, 1.165) is 6.92 Å². The lowest BCUT2D eigenvalue weighted by Crippen LogP contribution is -2.52. The van der Waals surface area contributed by atoms with Crippen LogP contribution in [0.5, 0.6) is 0 Å². The molecule has 1 heterocycles. The first-order valence-electron chi connectivity index (χ1n) is 11.1. The maximum atomic E-state index is 12.8. The van der Waals surface area contributed by atoms with Gasteiger partial charge in [0.1, 0.15) is 12.1 Å². The third-order valence-electron chi connectivity index (χ3n) is 5.01. The van der Waals surface area contributed by atoms with Crippen molar-refractivity contribution in [3.8, 4) is 0 Å². The van der Waals surface area contributed by atoms with Gasteiger partial charge in [-0.3, -0.25) is 34.7 Å². The Hall–Kier alpha value is -4.27. The third kappa shape index (κ3) is 10.3. The third-order valence-corrected chi connectivity index (χ3v) is 5.01. The number of non-ortho nitro benzene ring substituents is 1. The number of carbonyl (C=O) groups excluding carboxylic acids is 3. The molecule has 0 saturated carbocycles.